The topological polar surface area (TPSA) is 49.8 Å². The molecule has 1 aliphatic carbocycles. The number of aromatic nitrogens is 2. The molecule has 0 saturated heterocycles. The molecule has 0 amide bonds. The number of halogens is 1. The Hall–Kier alpha value is -2.20. The van der Waals surface area contributed by atoms with E-state index < -0.39 is 0 Å². The van der Waals surface area contributed by atoms with E-state index in [4.69, 9.17) is 11.6 Å². The fraction of sp³-hybridized carbons (Fsp3) is 0.278. The van der Waals surface area contributed by atoms with Crippen molar-refractivity contribution >= 4 is 34.1 Å². The molecular weight excluding hydrogens is 310 g/mol. The van der Waals surface area contributed by atoms with Crippen LogP contribution in [-0.4, -0.2) is 21.5 Å². The highest BCUT2D eigenvalue weighted by Gasteiger charge is 2.18. The lowest BCUT2D eigenvalue weighted by Crippen LogP contribution is -2.14. The van der Waals surface area contributed by atoms with Crippen LogP contribution in [0.1, 0.15) is 36.2 Å². The number of H-pyrrole nitrogens is 1. The van der Waals surface area contributed by atoms with Crippen LogP contribution in [0.15, 0.2) is 42.7 Å². The van der Waals surface area contributed by atoms with Gasteiger partial charge in [-0.05, 0) is 43.2 Å². The van der Waals surface area contributed by atoms with Crippen molar-refractivity contribution in [1.29, 1.82) is 0 Å². The minimum atomic E-state index is -0.0749. The maximum atomic E-state index is 12.5. The van der Waals surface area contributed by atoms with Gasteiger partial charge in [-0.25, -0.2) is 0 Å². The number of anilines is 1. The summed E-state index contributed by atoms with van der Waals surface area (Å²) in [5.41, 5.74) is 2.48. The second kappa shape index (κ2) is 5.78. The normalized spacial score (nSPS) is 15.3. The standard InChI is InChI=1S/C18H18ClN3O/c19-13-9-12-10-16(18(23)22-7-3-4-8-22)21-17(12)15(11-13)20-14-5-1-2-6-14/h3-4,7-11,14,20-21H,1-2,5-6H2. The molecular formula is C18H18ClN3O. The van der Waals surface area contributed by atoms with Crippen LogP contribution in [-0.2, 0) is 0 Å². The number of carbonyl (C=O) groups excluding carboxylic acids is 1. The van der Waals surface area contributed by atoms with Crippen molar-refractivity contribution < 1.29 is 4.79 Å². The van der Waals surface area contributed by atoms with Crippen molar-refractivity contribution in [3.05, 3.63) is 53.4 Å². The Bertz CT molecular complexity index is 845. The van der Waals surface area contributed by atoms with Crippen molar-refractivity contribution in [3.8, 4) is 0 Å². The number of rotatable bonds is 3. The molecule has 2 aromatic heterocycles. The van der Waals surface area contributed by atoms with E-state index in [-0.39, 0.29) is 5.91 Å². The smallest absolute Gasteiger partial charge is 0.278 e. The number of nitrogens with one attached hydrogen (secondary N) is 2. The molecule has 0 bridgehead atoms. The molecule has 0 unspecified atom stereocenters. The first kappa shape index (κ1) is 14.4. The van der Waals surface area contributed by atoms with E-state index >= 15 is 0 Å². The van der Waals surface area contributed by atoms with Crippen LogP contribution in [0.2, 0.25) is 5.02 Å². The van der Waals surface area contributed by atoms with Gasteiger partial charge in [0.25, 0.3) is 5.91 Å². The van der Waals surface area contributed by atoms with Gasteiger partial charge in [0.1, 0.15) is 5.69 Å². The number of aromatic amines is 1. The molecule has 118 valence electrons. The molecule has 5 heteroatoms. The van der Waals surface area contributed by atoms with Gasteiger partial charge in [-0.3, -0.25) is 9.36 Å². The highest BCUT2D eigenvalue weighted by molar-refractivity contribution is 6.32. The Morgan fingerprint density at radius 1 is 1.17 bits per heavy atom. The average Bonchev–Trinajstić information content (AvgIpc) is 3.27. The van der Waals surface area contributed by atoms with Gasteiger partial charge in [-0.1, -0.05) is 24.4 Å². The van der Waals surface area contributed by atoms with Crippen LogP contribution >= 0.6 is 11.6 Å². The molecule has 2 N–H and O–H groups in total. The molecule has 1 aliphatic rings. The van der Waals surface area contributed by atoms with Crippen LogP contribution in [0.4, 0.5) is 5.69 Å². The number of fused-ring (bicyclic) bond motifs is 1. The molecule has 23 heavy (non-hydrogen) atoms. The number of nitrogens with zero attached hydrogens (tertiary/aromatic N) is 1. The Labute approximate surface area is 139 Å². The van der Waals surface area contributed by atoms with Crippen LogP contribution in [0.3, 0.4) is 0 Å². The highest BCUT2D eigenvalue weighted by Crippen LogP contribution is 2.31. The fourth-order valence-corrected chi connectivity index (χ4v) is 3.56. The summed E-state index contributed by atoms with van der Waals surface area (Å²) in [6.45, 7) is 0. The molecule has 0 aliphatic heterocycles. The van der Waals surface area contributed by atoms with Gasteiger partial charge in [-0.2, -0.15) is 0 Å². The quantitative estimate of drug-likeness (QED) is 0.734. The van der Waals surface area contributed by atoms with Gasteiger partial charge in [0.15, 0.2) is 0 Å². The minimum absolute atomic E-state index is 0.0749. The fourth-order valence-electron chi connectivity index (χ4n) is 3.34. The number of benzene rings is 1. The van der Waals surface area contributed by atoms with E-state index in [1.165, 1.54) is 25.7 Å². The number of carbonyl (C=O) groups is 1. The Balaban J connectivity index is 1.73. The summed E-state index contributed by atoms with van der Waals surface area (Å²) in [5.74, 6) is -0.0749. The third-order valence-corrected chi connectivity index (χ3v) is 4.70. The Morgan fingerprint density at radius 2 is 1.91 bits per heavy atom. The molecule has 0 radical (unpaired) electrons. The summed E-state index contributed by atoms with van der Waals surface area (Å²) in [6, 6.07) is 9.85. The number of hydrogen-bond donors (Lipinski definition) is 2. The van der Waals surface area contributed by atoms with Crippen molar-refractivity contribution in [2.24, 2.45) is 0 Å². The highest BCUT2D eigenvalue weighted by atomic mass is 35.5. The van der Waals surface area contributed by atoms with Crippen LogP contribution in [0.5, 0.6) is 0 Å². The third kappa shape index (κ3) is 2.75. The summed E-state index contributed by atoms with van der Waals surface area (Å²) < 4.78 is 1.57. The van der Waals surface area contributed by atoms with Crippen LogP contribution < -0.4 is 5.32 Å². The summed E-state index contributed by atoms with van der Waals surface area (Å²) in [4.78, 5) is 15.8. The molecule has 3 aromatic rings. The van der Waals surface area contributed by atoms with E-state index in [2.05, 4.69) is 10.3 Å². The van der Waals surface area contributed by atoms with Crippen molar-refractivity contribution in [3.63, 3.8) is 0 Å². The van der Waals surface area contributed by atoms with Gasteiger partial charge in [0.05, 0.1) is 11.2 Å². The lowest BCUT2D eigenvalue weighted by atomic mass is 10.2. The molecule has 0 spiro atoms. The zero-order chi connectivity index (χ0) is 15.8. The lowest BCUT2D eigenvalue weighted by molar-refractivity contribution is 0.0956. The van der Waals surface area contributed by atoms with E-state index in [0.29, 0.717) is 16.8 Å². The second-order valence-electron chi connectivity index (χ2n) is 6.12. The average molecular weight is 328 g/mol. The van der Waals surface area contributed by atoms with Gasteiger partial charge in [0, 0.05) is 28.8 Å². The first-order valence-electron chi connectivity index (χ1n) is 7.97. The SMILES string of the molecule is O=C(c1cc2cc(Cl)cc(NC3CCCC3)c2[nH]1)n1cccc1. The Morgan fingerprint density at radius 3 is 2.65 bits per heavy atom. The maximum Gasteiger partial charge on any atom is 0.278 e. The molecule has 4 nitrogen and oxygen atoms in total. The largest absolute Gasteiger partial charge is 0.381 e. The predicted molar refractivity (Wildman–Crippen MR) is 93.3 cm³/mol. The summed E-state index contributed by atoms with van der Waals surface area (Å²) in [6.07, 6.45) is 8.40. The first-order chi connectivity index (χ1) is 11.2. The summed E-state index contributed by atoms with van der Waals surface area (Å²) >= 11 is 6.25. The van der Waals surface area contributed by atoms with Crippen LogP contribution in [0.25, 0.3) is 10.9 Å². The monoisotopic (exact) mass is 327 g/mol. The van der Waals surface area contributed by atoms with Gasteiger partial charge < -0.3 is 10.3 Å². The zero-order valence-electron chi connectivity index (χ0n) is 12.7. The zero-order valence-corrected chi connectivity index (χ0v) is 13.4. The minimum Gasteiger partial charge on any atom is -0.381 e. The van der Waals surface area contributed by atoms with Gasteiger partial charge in [-0.15, -0.1) is 0 Å². The third-order valence-electron chi connectivity index (χ3n) is 4.48. The predicted octanol–water partition coefficient (Wildman–Crippen LogP) is 4.67. The molecule has 1 fully saturated rings. The lowest BCUT2D eigenvalue weighted by Gasteiger charge is -2.14. The van der Waals surface area contributed by atoms with E-state index in [9.17, 15) is 4.79 Å². The van der Waals surface area contributed by atoms with Crippen molar-refractivity contribution in [2.45, 2.75) is 31.7 Å². The summed E-state index contributed by atoms with van der Waals surface area (Å²) in [7, 11) is 0. The maximum absolute atomic E-state index is 12.5. The van der Waals surface area contributed by atoms with Crippen molar-refractivity contribution in [2.75, 3.05) is 5.32 Å². The molecule has 1 saturated carbocycles. The van der Waals surface area contributed by atoms with Gasteiger partial charge >= 0.3 is 0 Å². The Kier molecular flexibility index (Phi) is 3.62. The van der Waals surface area contributed by atoms with E-state index in [1.54, 1.807) is 17.0 Å². The second-order valence-corrected chi connectivity index (χ2v) is 6.56. The molecule has 2 heterocycles. The van der Waals surface area contributed by atoms with Gasteiger partial charge in [0.2, 0.25) is 0 Å². The van der Waals surface area contributed by atoms with E-state index in [1.807, 2.05) is 30.3 Å². The van der Waals surface area contributed by atoms with Crippen LogP contribution in [0, 0.1) is 0 Å². The van der Waals surface area contributed by atoms with Crippen molar-refractivity contribution in [1.82, 2.24) is 9.55 Å². The molecule has 1 aromatic carbocycles. The molecule has 4 rings (SSSR count). The van der Waals surface area contributed by atoms with E-state index in [0.717, 1.165) is 16.6 Å². The molecule has 0 atom stereocenters. The summed E-state index contributed by atoms with van der Waals surface area (Å²) in [5, 5.41) is 5.21. The number of hydrogen-bond acceptors (Lipinski definition) is 2. The first-order valence-corrected chi connectivity index (χ1v) is 8.35.